The second-order valence-corrected chi connectivity index (χ2v) is 3.02. The van der Waals surface area contributed by atoms with Gasteiger partial charge in [0.1, 0.15) is 5.82 Å². The van der Waals surface area contributed by atoms with Crippen LogP contribution in [-0.4, -0.2) is 0 Å². The van der Waals surface area contributed by atoms with Gasteiger partial charge in [0, 0.05) is 5.69 Å². The van der Waals surface area contributed by atoms with Gasteiger partial charge in [-0.3, -0.25) is 11.3 Å². The highest BCUT2D eigenvalue weighted by Crippen LogP contribution is 2.23. The maximum Gasteiger partial charge on any atom is 0.123 e. The maximum absolute atomic E-state index is 12.9. The number of halogens is 1. The van der Waals surface area contributed by atoms with Crippen molar-refractivity contribution in [3.63, 3.8) is 0 Å². The minimum absolute atomic E-state index is 0.191. The largest absolute Gasteiger partial charge is 0.398 e. The van der Waals surface area contributed by atoms with E-state index in [1.165, 1.54) is 18.2 Å². The molecule has 1 rings (SSSR count). The van der Waals surface area contributed by atoms with Crippen LogP contribution < -0.4 is 17.0 Å². The van der Waals surface area contributed by atoms with Crippen LogP contribution in [-0.2, 0) is 0 Å². The van der Waals surface area contributed by atoms with Gasteiger partial charge in [-0.05, 0) is 30.2 Å². The molecule has 1 aromatic rings. The predicted molar refractivity (Wildman–Crippen MR) is 55.7 cm³/mol. The summed E-state index contributed by atoms with van der Waals surface area (Å²) in [6, 6.07) is 4.03. The Morgan fingerprint density at radius 2 is 2.29 bits per heavy atom. The Hall–Kier alpha value is -1.39. The molecule has 1 atom stereocenters. The molecule has 0 amide bonds. The average Bonchev–Trinajstić information content (AvgIpc) is 2.18. The van der Waals surface area contributed by atoms with Crippen LogP contribution in [0.5, 0.6) is 0 Å². The Bertz CT molecular complexity index is 325. The summed E-state index contributed by atoms with van der Waals surface area (Å²) in [4.78, 5) is 0. The standard InChI is InChI=1S/C10H14FN3/c1-2-3-10(14-13)8-6-7(11)4-5-9(8)12/h2,4-6,10,14H,1,3,12-13H2. The van der Waals surface area contributed by atoms with Gasteiger partial charge in [-0.25, -0.2) is 4.39 Å². The highest BCUT2D eigenvalue weighted by atomic mass is 19.1. The van der Waals surface area contributed by atoms with E-state index in [4.69, 9.17) is 11.6 Å². The normalized spacial score (nSPS) is 12.4. The summed E-state index contributed by atoms with van der Waals surface area (Å²) < 4.78 is 12.9. The van der Waals surface area contributed by atoms with Crippen molar-refractivity contribution in [1.29, 1.82) is 0 Å². The first-order valence-electron chi connectivity index (χ1n) is 4.31. The number of nitrogens with one attached hydrogen (secondary N) is 1. The maximum atomic E-state index is 12.9. The lowest BCUT2D eigenvalue weighted by Gasteiger charge is -2.16. The van der Waals surface area contributed by atoms with E-state index in [2.05, 4.69) is 12.0 Å². The molecular formula is C10H14FN3. The molecule has 3 nitrogen and oxygen atoms in total. The van der Waals surface area contributed by atoms with Crippen LogP contribution >= 0.6 is 0 Å². The highest BCUT2D eigenvalue weighted by Gasteiger charge is 2.11. The molecule has 4 heteroatoms. The Morgan fingerprint density at radius 1 is 1.57 bits per heavy atom. The molecule has 5 N–H and O–H groups in total. The summed E-state index contributed by atoms with van der Waals surface area (Å²) in [6.45, 7) is 3.60. The molecule has 1 unspecified atom stereocenters. The monoisotopic (exact) mass is 195 g/mol. The van der Waals surface area contributed by atoms with Crippen molar-refractivity contribution in [2.75, 3.05) is 5.73 Å². The van der Waals surface area contributed by atoms with Crippen molar-refractivity contribution in [3.05, 3.63) is 42.2 Å². The summed E-state index contributed by atoms with van der Waals surface area (Å²) >= 11 is 0. The summed E-state index contributed by atoms with van der Waals surface area (Å²) in [5.74, 6) is 5.01. The average molecular weight is 195 g/mol. The van der Waals surface area contributed by atoms with E-state index >= 15 is 0 Å². The molecule has 0 aliphatic carbocycles. The molecular weight excluding hydrogens is 181 g/mol. The molecule has 0 radical (unpaired) electrons. The topological polar surface area (TPSA) is 64.1 Å². The third-order valence-corrected chi connectivity index (χ3v) is 2.03. The second-order valence-electron chi connectivity index (χ2n) is 3.02. The fourth-order valence-corrected chi connectivity index (χ4v) is 1.30. The van der Waals surface area contributed by atoms with Gasteiger partial charge in [0.05, 0.1) is 6.04 Å². The lowest BCUT2D eigenvalue weighted by Crippen LogP contribution is -2.28. The van der Waals surface area contributed by atoms with Crippen LogP contribution in [0.3, 0.4) is 0 Å². The Kier molecular flexibility index (Phi) is 3.62. The molecule has 0 aliphatic heterocycles. The molecule has 0 saturated heterocycles. The van der Waals surface area contributed by atoms with Crippen LogP contribution in [0.2, 0.25) is 0 Å². The number of hydrogen-bond donors (Lipinski definition) is 3. The van der Waals surface area contributed by atoms with Crippen LogP contribution in [0.15, 0.2) is 30.9 Å². The minimum Gasteiger partial charge on any atom is -0.398 e. The number of benzene rings is 1. The van der Waals surface area contributed by atoms with E-state index in [0.29, 0.717) is 17.7 Å². The summed E-state index contributed by atoms with van der Waals surface area (Å²) in [5.41, 5.74) is 9.45. The quantitative estimate of drug-likeness (QED) is 0.295. The third kappa shape index (κ3) is 2.31. The van der Waals surface area contributed by atoms with Crippen molar-refractivity contribution < 1.29 is 4.39 Å². The fraction of sp³-hybridized carbons (Fsp3) is 0.200. The van der Waals surface area contributed by atoms with E-state index in [1.54, 1.807) is 6.08 Å². The van der Waals surface area contributed by atoms with Crippen LogP contribution in [0.4, 0.5) is 10.1 Å². The van der Waals surface area contributed by atoms with Gasteiger partial charge >= 0.3 is 0 Å². The van der Waals surface area contributed by atoms with Crippen molar-refractivity contribution in [3.8, 4) is 0 Å². The first kappa shape index (κ1) is 10.7. The van der Waals surface area contributed by atoms with E-state index < -0.39 is 0 Å². The second kappa shape index (κ2) is 4.74. The lowest BCUT2D eigenvalue weighted by atomic mass is 10.0. The number of anilines is 1. The zero-order valence-corrected chi connectivity index (χ0v) is 7.83. The van der Waals surface area contributed by atoms with Crippen molar-refractivity contribution >= 4 is 5.69 Å². The molecule has 0 bridgehead atoms. The molecule has 0 fully saturated rings. The fourth-order valence-electron chi connectivity index (χ4n) is 1.30. The van der Waals surface area contributed by atoms with E-state index in [1.807, 2.05) is 0 Å². The van der Waals surface area contributed by atoms with Gasteiger partial charge in [0.15, 0.2) is 0 Å². The SMILES string of the molecule is C=CCC(NN)c1cc(F)ccc1N. The highest BCUT2D eigenvalue weighted by molar-refractivity contribution is 5.48. The molecule has 76 valence electrons. The van der Waals surface area contributed by atoms with E-state index in [-0.39, 0.29) is 11.9 Å². The number of rotatable bonds is 4. The number of nitrogen functional groups attached to an aromatic ring is 1. The van der Waals surface area contributed by atoms with E-state index in [0.717, 1.165) is 0 Å². The molecule has 0 heterocycles. The van der Waals surface area contributed by atoms with Crippen molar-refractivity contribution in [1.82, 2.24) is 5.43 Å². The molecule has 0 aliphatic rings. The molecule has 1 aromatic carbocycles. The van der Waals surface area contributed by atoms with Gasteiger partial charge in [-0.1, -0.05) is 6.08 Å². The lowest BCUT2D eigenvalue weighted by molar-refractivity contribution is 0.554. The smallest absolute Gasteiger partial charge is 0.123 e. The first-order chi connectivity index (χ1) is 6.69. The van der Waals surface area contributed by atoms with Gasteiger partial charge in [0.2, 0.25) is 0 Å². The summed E-state index contributed by atoms with van der Waals surface area (Å²) in [6.07, 6.45) is 2.30. The Balaban J connectivity index is 3.01. The Morgan fingerprint density at radius 3 is 2.86 bits per heavy atom. The Labute approximate surface area is 82.6 Å². The van der Waals surface area contributed by atoms with Crippen LogP contribution in [0.25, 0.3) is 0 Å². The minimum atomic E-state index is -0.321. The molecule has 0 saturated carbocycles. The molecule has 0 spiro atoms. The van der Waals surface area contributed by atoms with Crippen LogP contribution in [0.1, 0.15) is 18.0 Å². The van der Waals surface area contributed by atoms with E-state index in [9.17, 15) is 4.39 Å². The predicted octanol–water partition coefficient (Wildman–Crippen LogP) is 1.49. The molecule has 14 heavy (non-hydrogen) atoms. The van der Waals surface area contributed by atoms with Gasteiger partial charge < -0.3 is 5.73 Å². The number of hydrogen-bond acceptors (Lipinski definition) is 3. The van der Waals surface area contributed by atoms with Crippen molar-refractivity contribution in [2.24, 2.45) is 5.84 Å². The van der Waals surface area contributed by atoms with Crippen molar-refractivity contribution in [2.45, 2.75) is 12.5 Å². The number of hydrazine groups is 1. The third-order valence-electron chi connectivity index (χ3n) is 2.03. The molecule has 0 aromatic heterocycles. The summed E-state index contributed by atoms with van der Waals surface area (Å²) in [7, 11) is 0. The van der Waals surface area contributed by atoms with Gasteiger partial charge in [-0.2, -0.15) is 0 Å². The number of nitrogens with two attached hydrogens (primary N) is 2. The van der Waals surface area contributed by atoms with Crippen LogP contribution in [0, 0.1) is 5.82 Å². The first-order valence-corrected chi connectivity index (χ1v) is 4.31. The van der Waals surface area contributed by atoms with Gasteiger partial charge in [-0.15, -0.1) is 6.58 Å². The summed E-state index contributed by atoms with van der Waals surface area (Å²) in [5, 5.41) is 0. The zero-order chi connectivity index (χ0) is 10.6. The zero-order valence-electron chi connectivity index (χ0n) is 7.83. The van der Waals surface area contributed by atoms with Gasteiger partial charge in [0.25, 0.3) is 0 Å².